The zero-order valence-corrected chi connectivity index (χ0v) is 9.38. The van der Waals surface area contributed by atoms with Crippen molar-refractivity contribution < 1.29 is 13.2 Å². The van der Waals surface area contributed by atoms with Gasteiger partial charge in [-0.3, -0.25) is 0 Å². The number of nitrogens with one attached hydrogen (secondary N) is 1. The molecule has 3 rings (SSSR count). The van der Waals surface area contributed by atoms with Crippen molar-refractivity contribution in [3.8, 4) is 0 Å². The van der Waals surface area contributed by atoms with Crippen LogP contribution in [0.15, 0.2) is 36.4 Å². The topological polar surface area (TPSA) is 12.0 Å². The van der Waals surface area contributed by atoms with Crippen molar-refractivity contribution in [1.82, 2.24) is 0 Å². The third-order valence-electron chi connectivity index (χ3n) is 3.13. The van der Waals surface area contributed by atoms with Crippen LogP contribution in [0.2, 0.25) is 0 Å². The average Bonchev–Trinajstić information content (AvgIpc) is 2.73. The zero-order chi connectivity index (χ0) is 12.7. The molecule has 92 valence electrons. The maximum Gasteiger partial charge on any atom is 0.146 e. The lowest BCUT2D eigenvalue weighted by molar-refractivity contribution is 0.576. The molecule has 1 N–H and O–H groups in total. The number of rotatable bonds is 1. The summed E-state index contributed by atoms with van der Waals surface area (Å²) >= 11 is 0. The molecule has 0 spiro atoms. The minimum absolute atomic E-state index is 0.290. The van der Waals surface area contributed by atoms with Crippen molar-refractivity contribution in [3.05, 3.63) is 65.0 Å². The van der Waals surface area contributed by atoms with Gasteiger partial charge >= 0.3 is 0 Å². The summed E-state index contributed by atoms with van der Waals surface area (Å²) < 4.78 is 39.8. The highest BCUT2D eigenvalue weighted by molar-refractivity contribution is 5.59. The van der Waals surface area contributed by atoms with Crippen LogP contribution in [-0.4, -0.2) is 0 Å². The van der Waals surface area contributed by atoms with Gasteiger partial charge in [-0.1, -0.05) is 12.1 Å². The van der Waals surface area contributed by atoms with Crippen LogP contribution in [0.5, 0.6) is 0 Å². The lowest BCUT2D eigenvalue weighted by Crippen LogP contribution is -2.07. The molecule has 1 aliphatic rings. The predicted octanol–water partition coefficient (Wildman–Crippen LogP) is 3.81. The molecular weight excluding hydrogens is 239 g/mol. The standard InChI is InChI=1S/C14H10F3N/c15-10-4-9(5-11(16)7-10)13-6-8-2-1-3-12(17)14(8)18-13/h1-5,7,13,18H,6H2. The molecule has 0 saturated carbocycles. The van der Waals surface area contributed by atoms with E-state index in [1.807, 2.05) is 0 Å². The Morgan fingerprint density at radius 1 is 1.00 bits per heavy atom. The molecule has 0 radical (unpaired) electrons. The second-order valence-corrected chi connectivity index (χ2v) is 4.38. The monoisotopic (exact) mass is 249 g/mol. The molecule has 0 bridgehead atoms. The fourth-order valence-electron chi connectivity index (χ4n) is 2.32. The maximum atomic E-state index is 13.5. The highest BCUT2D eigenvalue weighted by Gasteiger charge is 2.25. The van der Waals surface area contributed by atoms with E-state index in [9.17, 15) is 13.2 Å². The van der Waals surface area contributed by atoms with E-state index < -0.39 is 11.6 Å². The van der Waals surface area contributed by atoms with Gasteiger partial charge in [-0.25, -0.2) is 13.2 Å². The Hall–Kier alpha value is -1.97. The summed E-state index contributed by atoms with van der Waals surface area (Å²) in [6.07, 6.45) is 0.524. The van der Waals surface area contributed by atoms with Crippen LogP contribution < -0.4 is 5.32 Å². The van der Waals surface area contributed by atoms with Crippen molar-refractivity contribution in [3.63, 3.8) is 0 Å². The van der Waals surface area contributed by atoms with E-state index in [-0.39, 0.29) is 11.9 Å². The highest BCUT2D eigenvalue weighted by Crippen LogP contribution is 2.36. The minimum atomic E-state index is -0.622. The molecule has 0 aromatic heterocycles. The van der Waals surface area contributed by atoms with Crippen molar-refractivity contribution in [2.24, 2.45) is 0 Å². The fraction of sp³-hybridized carbons (Fsp3) is 0.143. The Morgan fingerprint density at radius 3 is 2.39 bits per heavy atom. The lowest BCUT2D eigenvalue weighted by atomic mass is 10.0. The molecule has 0 amide bonds. The summed E-state index contributed by atoms with van der Waals surface area (Å²) in [5.41, 5.74) is 1.74. The van der Waals surface area contributed by atoms with E-state index in [0.717, 1.165) is 11.6 Å². The first-order valence-corrected chi connectivity index (χ1v) is 5.63. The smallest absolute Gasteiger partial charge is 0.146 e. The molecular formula is C14H10F3N. The van der Waals surface area contributed by atoms with Crippen LogP contribution in [0, 0.1) is 17.5 Å². The summed E-state index contributed by atoms with van der Waals surface area (Å²) in [6.45, 7) is 0. The second-order valence-electron chi connectivity index (χ2n) is 4.38. The van der Waals surface area contributed by atoms with Gasteiger partial charge in [0.2, 0.25) is 0 Å². The van der Waals surface area contributed by atoms with Crippen LogP contribution >= 0.6 is 0 Å². The Labute approximate surface area is 102 Å². The summed E-state index contributed by atoms with van der Waals surface area (Å²) in [4.78, 5) is 0. The Balaban J connectivity index is 1.96. The van der Waals surface area contributed by atoms with Crippen LogP contribution in [0.3, 0.4) is 0 Å². The third-order valence-corrected chi connectivity index (χ3v) is 3.13. The van der Waals surface area contributed by atoms with Crippen molar-refractivity contribution in [2.45, 2.75) is 12.5 Å². The first kappa shape index (κ1) is 11.1. The normalized spacial score (nSPS) is 17.4. The van der Waals surface area contributed by atoms with Gasteiger partial charge in [0.05, 0.1) is 11.7 Å². The number of fused-ring (bicyclic) bond motifs is 1. The summed E-state index contributed by atoms with van der Waals surface area (Å²) in [7, 11) is 0. The van der Waals surface area contributed by atoms with Gasteiger partial charge in [0.15, 0.2) is 0 Å². The Bertz CT molecular complexity index is 590. The number of hydrogen-bond donors (Lipinski definition) is 1. The Kier molecular flexibility index (Phi) is 2.51. The van der Waals surface area contributed by atoms with E-state index in [1.54, 1.807) is 12.1 Å². The van der Waals surface area contributed by atoms with E-state index in [4.69, 9.17) is 0 Å². The van der Waals surface area contributed by atoms with Crippen molar-refractivity contribution in [2.75, 3.05) is 5.32 Å². The third kappa shape index (κ3) is 1.83. The van der Waals surface area contributed by atoms with Gasteiger partial charge in [0.25, 0.3) is 0 Å². The lowest BCUT2D eigenvalue weighted by Gasteiger charge is -2.12. The molecule has 18 heavy (non-hydrogen) atoms. The molecule has 1 unspecified atom stereocenters. The summed E-state index contributed by atoms with van der Waals surface area (Å²) in [6, 6.07) is 7.87. The number of benzene rings is 2. The van der Waals surface area contributed by atoms with Crippen molar-refractivity contribution >= 4 is 5.69 Å². The molecule has 2 aromatic rings. The number of hydrogen-bond acceptors (Lipinski definition) is 1. The largest absolute Gasteiger partial charge is 0.375 e. The molecule has 1 atom stereocenters. The Morgan fingerprint density at radius 2 is 1.72 bits per heavy atom. The zero-order valence-electron chi connectivity index (χ0n) is 9.38. The van der Waals surface area contributed by atoms with Gasteiger partial charge in [-0.2, -0.15) is 0 Å². The summed E-state index contributed by atoms with van der Waals surface area (Å²) in [5, 5.41) is 2.97. The number of halogens is 3. The van der Waals surface area contributed by atoms with Crippen molar-refractivity contribution in [1.29, 1.82) is 0 Å². The fourth-order valence-corrected chi connectivity index (χ4v) is 2.32. The first-order chi connectivity index (χ1) is 8.63. The molecule has 0 fully saturated rings. The minimum Gasteiger partial charge on any atom is -0.375 e. The molecule has 0 saturated heterocycles. The molecule has 1 heterocycles. The van der Waals surface area contributed by atoms with Gasteiger partial charge < -0.3 is 5.32 Å². The van der Waals surface area contributed by atoms with Gasteiger partial charge in [-0.05, 0) is 35.7 Å². The van der Waals surface area contributed by atoms with Gasteiger partial charge in [-0.15, -0.1) is 0 Å². The molecule has 4 heteroatoms. The van der Waals surface area contributed by atoms with E-state index in [2.05, 4.69) is 5.32 Å². The van der Waals surface area contributed by atoms with E-state index >= 15 is 0 Å². The average molecular weight is 249 g/mol. The summed E-state index contributed by atoms with van der Waals surface area (Å²) in [5.74, 6) is -1.58. The number of anilines is 1. The SMILES string of the molecule is Fc1cc(F)cc(C2Cc3cccc(F)c3N2)c1. The second kappa shape index (κ2) is 4.05. The quantitative estimate of drug-likeness (QED) is 0.810. The van der Waals surface area contributed by atoms with Crippen LogP contribution in [0.4, 0.5) is 18.9 Å². The van der Waals surface area contributed by atoms with Crippen LogP contribution in [0.25, 0.3) is 0 Å². The van der Waals surface area contributed by atoms with Crippen LogP contribution in [-0.2, 0) is 6.42 Å². The predicted molar refractivity (Wildman–Crippen MR) is 62.8 cm³/mol. The highest BCUT2D eigenvalue weighted by atomic mass is 19.1. The number of para-hydroxylation sites is 1. The van der Waals surface area contributed by atoms with Crippen LogP contribution in [0.1, 0.15) is 17.2 Å². The van der Waals surface area contributed by atoms with Gasteiger partial charge in [0, 0.05) is 6.07 Å². The first-order valence-electron chi connectivity index (χ1n) is 5.63. The molecule has 2 aromatic carbocycles. The maximum absolute atomic E-state index is 13.5. The van der Waals surface area contributed by atoms with Gasteiger partial charge in [0.1, 0.15) is 17.5 Å². The molecule has 1 aliphatic heterocycles. The van der Waals surface area contributed by atoms with E-state index in [1.165, 1.54) is 18.2 Å². The molecule has 1 nitrogen and oxygen atoms in total. The molecule has 0 aliphatic carbocycles. The van der Waals surface area contributed by atoms with E-state index in [0.29, 0.717) is 17.7 Å².